The Morgan fingerprint density at radius 3 is 2.23 bits per heavy atom. The fourth-order valence-corrected chi connectivity index (χ4v) is 3.31. The largest absolute Gasteiger partial charge is 0.497 e. The van der Waals surface area contributed by atoms with E-state index in [1.165, 1.54) is 13.2 Å². The van der Waals surface area contributed by atoms with Gasteiger partial charge in [-0.3, -0.25) is 4.79 Å². The summed E-state index contributed by atoms with van der Waals surface area (Å²) in [5.74, 6) is 1.60. The van der Waals surface area contributed by atoms with Crippen molar-refractivity contribution in [3.63, 3.8) is 0 Å². The molecule has 0 bridgehead atoms. The van der Waals surface area contributed by atoms with E-state index in [2.05, 4.69) is 0 Å². The summed E-state index contributed by atoms with van der Waals surface area (Å²) in [7, 11) is 3.04. The van der Waals surface area contributed by atoms with Crippen molar-refractivity contribution in [2.45, 2.75) is 0 Å². The van der Waals surface area contributed by atoms with Crippen LogP contribution in [-0.2, 0) is 0 Å². The number of hydrogen-bond donors (Lipinski definition) is 0. The van der Waals surface area contributed by atoms with E-state index in [4.69, 9.17) is 14.2 Å². The summed E-state index contributed by atoms with van der Waals surface area (Å²) in [6.45, 7) is 0. The average molecular weight is 402 g/mol. The summed E-state index contributed by atoms with van der Waals surface area (Å²) in [6, 6.07) is 21.1. The van der Waals surface area contributed by atoms with Gasteiger partial charge in [-0.2, -0.15) is 0 Å². The van der Waals surface area contributed by atoms with Gasteiger partial charge in [0.25, 0.3) is 0 Å². The molecule has 0 atom stereocenters. The molecule has 5 heteroatoms. The quantitative estimate of drug-likeness (QED) is 0.357. The minimum absolute atomic E-state index is 0.177. The molecule has 4 aromatic rings. The number of benzene rings is 4. The van der Waals surface area contributed by atoms with Gasteiger partial charge < -0.3 is 14.2 Å². The zero-order valence-corrected chi connectivity index (χ0v) is 16.5. The number of methoxy groups -OCH3 is 2. The molecule has 0 aliphatic carbocycles. The average Bonchev–Trinajstić information content (AvgIpc) is 2.79. The van der Waals surface area contributed by atoms with Crippen LogP contribution in [0.15, 0.2) is 72.8 Å². The van der Waals surface area contributed by atoms with Gasteiger partial charge in [0.15, 0.2) is 11.6 Å². The van der Waals surface area contributed by atoms with Crippen LogP contribution in [0.5, 0.6) is 23.0 Å². The van der Waals surface area contributed by atoms with Gasteiger partial charge in [0.2, 0.25) is 0 Å². The zero-order chi connectivity index (χ0) is 21.1. The number of halogens is 1. The molecule has 0 unspecified atom stereocenters. The van der Waals surface area contributed by atoms with Gasteiger partial charge in [0.1, 0.15) is 23.5 Å². The molecule has 0 aliphatic rings. The Morgan fingerprint density at radius 2 is 1.57 bits per heavy atom. The molecule has 0 saturated carbocycles. The maximum atomic E-state index is 14.4. The first kappa shape index (κ1) is 19.5. The number of carbonyl (C=O) groups excluding carboxylic acids is 1. The summed E-state index contributed by atoms with van der Waals surface area (Å²) in [4.78, 5) is 10.9. The van der Waals surface area contributed by atoms with Crippen LogP contribution in [0.3, 0.4) is 0 Å². The highest BCUT2D eigenvalue weighted by molar-refractivity contribution is 5.96. The Balaban J connectivity index is 1.89. The van der Waals surface area contributed by atoms with Crippen molar-refractivity contribution >= 4 is 17.1 Å². The Bertz CT molecular complexity index is 1220. The first-order valence-corrected chi connectivity index (χ1v) is 9.30. The molecular formula is C25H19FO4. The monoisotopic (exact) mass is 402 g/mol. The van der Waals surface area contributed by atoms with Crippen LogP contribution in [0.2, 0.25) is 0 Å². The van der Waals surface area contributed by atoms with Gasteiger partial charge >= 0.3 is 0 Å². The molecule has 0 aromatic heterocycles. The summed E-state index contributed by atoms with van der Waals surface area (Å²) in [6.07, 6.45) is 0.777. The summed E-state index contributed by atoms with van der Waals surface area (Å²) < 4.78 is 31.0. The second kappa shape index (κ2) is 8.25. The van der Waals surface area contributed by atoms with Gasteiger partial charge in [-0.05, 0) is 71.6 Å². The van der Waals surface area contributed by atoms with Crippen molar-refractivity contribution in [3.8, 4) is 34.1 Å². The number of carbonyl (C=O) groups is 1. The lowest BCUT2D eigenvalue weighted by Gasteiger charge is -2.16. The molecule has 4 aromatic carbocycles. The van der Waals surface area contributed by atoms with E-state index >= 15 is 0 Å². The lowest BCUT2D eigenvalue weighted by molar-refractivity contribution is 0.112. The highest BCUT2D eigenvalue weighted by atomic mass is 19.1. The summed E-state index contributed by atoms with van der Waals surface area (Å²) in [5, 5.41) is 1.77. The lowest BCUT2D eigenvalue weighted by atomic mass is 9.99. The molecule has 4 rings (SSSR count). The van der Waals surface area contributed by atoms with Crippen molar-refractivity contribution in [2.24, 2.45) is 0 Å². The fourth-order valence-electron chi connectivity index (χ4n) is 3.31. The van der Waals surface area contributed by atoms with Crippen LogP contribution in [-0.4, -0.2) is 20.5 Å². The molecule has 0 radical (unpaired) electrons. The molecule has 0 fully saturated rings. The smallest absolute Gasteiger partial charge is 0.165 e. The molecule has 0 amide bonds. The second-order valence-corrected chi connectivity index (χ2v) is 6.67. The van der Waals surface area contributed by atoms with Gasteiger partial charge in [0, 0.05) is 16.5 Å². The lowest BCUT2D eigenvalue weighted by Crippen LogP contribution is -1.93. The van der Waals surface area contributed by atoms with Crippen molar-refractivity contribution in [3.05, 3.63) is 84.2 Å². The molecule has 0 heterocycles. The van der Waals surface area contributed by atoms with Gasteiger partial charge in [-0.15, -0.1) is 0 Å². The molecule has 30 heavy (non-hydrogen) atoms. The van der Waals surface area contributed by atoms with Crippen LogP contribution in [0.25, 0.3) is 21.9 Å². The SMILES string of the molecule is COc1ccc2c(Oc3ccc(C=O)cc3)c(-c3ccc(OC)c(F)c3)ccc2c1. The van der Waals surface area contributed by atoms with Gasteiger partial charge in [-0.1, -0.05) is 12.1 Å². The van der Waals surface area contributed by atoms with Crippen molar-refractivity contribution in [1.29, 1.82) is 0 Å². The highest BCUT2D eigenvalue weighted by Gasteiger charge is 2.15. The molecule has 150 valence electrons. The van der Waals surface area contributed by atoms with E-state index < -0.39 is 5.82 Å². The Hall–Kier alpha value is -3.86. The second-order valence-electron chi connectivity index (χ2n) is 6.67. The number of aldehydes is 1. The Labute approximate surface area is 173 Å². The maximum Gasteiger partial charge on any atom is 0.165 e. The van der Waals surface area contributed by atoms with E-state index in [9.17, 15) is 9.18 Å². The van der Waals surface area contributed by atoms with Crippen molar-refractivity contribution in [2.75, 3.05) is 14.2 Å². The van der Waals surface area contributed by atoms with Gasteiger partial charge in [-0.25, -0.2) is 4.39 Å². The van der Waals surface area contributed by atoms with E-state index in [0.717, 1.165) is 28.4 Å². The van der Waals surface area contributed by atoms with Crippen LogP contribution in [0.4, 0.5) is 4.39 Å². The predicted molar refractivity (Wildman–Crippen MR) is 114 cm³/mol. The zero-order valence-electron chi connectivity index (χ0n) is 16.5. The number of rotatable bonds is 6. The number of ether oxygens (including phenoxy) is 3. The minimum atomic E-state index is -0.453. The van der Waals surface area contributed by atoms with Crippen molar-refractivity contribution in [1.82, 2.24) is 0 Å². The molecular weight excluding hydrogens is 383 g/mol. The number of fused-ring (bicyclic) bond motifs is 1. The molecule has 0 saturated heterocycles. The maximum absolute atomic E-state index is 14.4. The van der Waals surface area contributed by atoms with E-state index in [0.29, 0.717) is 22.6 Å². The topological polar surface area (TPSA) is 44.8 Å². The predicted octanol–water partition coefficient (Wildman–Crippen LogP) is 6.27. The van der Waals surface area contributed by atoms with Crippen LogP contribution >= 0.6 is 0 Å². The first-order chi connectivity index (χ1) is 14.6. The third-order valence-electron chi connectivity index (χ3n) is 4.88. The normalized spacial score (nSPS) is 10.6. The van der Waals surface area contributed by atoms with Crippen molar-refractivity contribution < 1.29 is 23.4 Å². The van der Waals surface area contributed by atoms with E-state index in [-0.39, 0.29) is 5.75 Å². The third-order valence-corrected chi connectivity index (χ3v) is 4.88. The van der Waals surface area contributed by atoms with Gasteiger partial charge in [0.05, 0.1) is 14.2 Å². The number of hydrogen-bond acceptors (Lipinski definition) is 4. The van der Waals surface area contributed by atoms with Crippen LogP contribution in [0, 0.1) is 5.82 Å². The summed E-state index contributed by atoms with van der Waals surface area (Å²) in [5.41, 5.74) is 1.95. The standard InChI is InChI=1S/C25H19FO4/c1-28-20-9-11-22-17(13-20)5-10-21(18-6-12-24(29-2)23(26)14-18)25(22)30-19-7-3-16(15-27)4-8-19/h3-15H,1-2H3. The Kier molecular flexibility index (Phi) is 5.35. The molecule has 0 N–H and O–H groups in total. The van der Waals surface area contributed by atoms with Crippen LogP contribution in [0.1, 0.15) is 10.4 Å². The molecule has 0 spiro atoms. The van der Waals surface area contributed by atoms with E-state index in [1.54, 1.807) is 43.5 Å². The van der Waals surface area contributed by atoms with E-state index in [1.807, 2.05) is 30.3 Å². The van der Waals surface area contributed by atoms with Crippen LogP contribution < -0.4 is 14.2 Å². The third kappa shape index (κ3) is 3.70. The molecule has 4 nitrogen and oxygen atoms in total. The minimum Gasteiger partial charge on any atom is -0.497 e. The highest BCUT2D eigenvalue weighted by Crippen LogP contribution is 2.41. The summed E-state index contributed by atoms with van der Waals surface area (Å²) >= 11 is 0. The first-order valence-electron chi connectivity index (χ1n) is 9.30. The molecule has 0 aliphatic heterocycles. The Morgan fingerprint density at radius 1 is 0.800 bits per heavy atom. The fraction of sp³-hybridized carbons (Fsp3) is 0.0800.